The van der Waals surface area contributed by atoms with E-state index in [1.54, 1.807) is 12.1 Å². The number of aromatic nitrogens is 1. The molecular formula is C19H13NO. The van der Waals surface area contributed by atoms with Gasteiger partial charge in [0.25, 0.3) is 0 Å². The number of hydrogen-bond acceptors (Lipinski definition) is 2. The van der Waals surface area contributed by atoms with Crippen molar-refractivity contribution < 1.29 is 5.11 Å². The molecule has 0 saturated carbocycles. The van der Waals surface area contributed by atoms with Crippen LogP contribution in [0.1, 0.15) is 0 Å². The normalized spacial score (nSPS) is 11.0. The fourth-order valence-corrected chi connectivity index (χ4v) is 2.69. The van der Waals surface area contributed by atoms with Gasteiger partial charge in [0, 0.05) is 10.8 Å². The molecule has 1 heterocycles. The van der Waals surface area contributed by atoms with E-state index in [0.717, 1.165) is 32.9 Å². The van der Waals surface area contributed by atoms with Crippen molar-refractivity contribution in [2.24, 2.45) is 0 Å². The fourth-order valence-electron chi connectivity index (χ4n) is 2.69. The van der Waals surface area contributed by atoms with E-state index in [9.17, 15) is 5.11 Å². The zero-order valence-corrected chi connectivity index (χ0v) is 11.3. The Kier molecular flexibility index (Phi) is 2.61. The number of rotatable bonds is 1. The lowest BCUT2D eigenvalue weighted by molar-refractivity contribution is 0.475. The second-order valence-corrected chi connectivity index (χ2v) is 5.10. The Hall–Kier alpha value is -2.87. The van der Waals surface area contributed by atoms with Crippen LogP contribution in [0.5, 0.6) is 5.75 Å². The van der Waals surface area contributed by atoms with Gasteiger partial charge in [-0.15, -0.1) is 0 Å². The number of para-hydroxylation sites is 1. The maximum absolute atomic E-state index is 9.45. The topological polar surface area (TPSA) is 33.1 Å². The summed E-state index contributed by atoms with van der Waals surface area (Å²) in [7, 11) is 0. The average Bonchev–Trinajstić information content (AvgIpc) is 2.53. The maximum atomic E-state index is 9.45. The SMILES string of the molecule is Oc1ccc(-c2cccc3nc4ccccc4cc23)cc1. The summed E-state index contributed by atoms with van der Waals surface area (Å²) in [5.74, 6) is 0.280. The summed E-state index contributed by atoms with van der Waals surface area (Å²) in [6.07, 6.45) is 0. The molecule has 3 aromatic carbocycles. The third kappa shape index (κ3) is 2.01. The van der Waals surface area contributed by atoms with Crippen LogP contribution in [0.3, 0.4) is 0 Å². The maximum Gasteiger partial charge on any atom is 0.115 e. The van der Waals surface area contributed by atoms with Crippen LogP contribution in [0.15, 0.2) is 72.8 Å². The van der Waals surface area contributed by atoms with Gasteiger partial charge in [-0.25, -0.2) is 4.98 Å². The Labute approximate surface area is 122 Å². The molecular weight excluding hydrogens is 258 g/mol. The zero-order valence-electron chi connectivity index (χ0n) is 11.3. The van der Waals surface area contributed by atoms with Crippen molar-refractivity contribution in [3.63, 3.8) is 0 Å². The number of phenolic OH excluding ortho intramolecular Hbond substituents is 1. The van der Waals surface area contributed by atoms with Crippen LogP contribution < -0.4 is 0 Å². The van der Waals surface area contributed by atoms with Gasteiger partial charge < -0.3 is 5.11 Å². The van der Waals surface area contributed by atoms with Crippen LogP contribution in [-0.4, -0.2) is 10.1 Å². The van der Waals surface area contributed by atoms with Crippen molar-refractivity contribution in [2.45, 2.75) is 0 Å². The van der Waals surface area contributed by atoms with E-state index in [2.05, 4.69) is 18.2 Å². The summed E-state index contributed by atoms with van der Waals surface area (Å²) in [5.41, 5.74) is 4.20. The van der Waals surface area contributed by atoms with Gasteiger partial charge in [-0.1, -0.05) is 42.5 Å². The number of nitrogens with zero attached hydrogens (tertiary/aromatic N) is 1. The highest BCUT2D eigenvalue weighted by atomic mass is 16.3. The minimum Gasteiger partial charge on any atom is -0.508 e. The molecule has 0 radical (unpaired) electrons. The molecule has 2 nitrogen and oxygen atoms in total. The smallest absolute Gasteiger partial charge is 0.115 e. The van der Waals surface area contributed by atoms with Crippen LogP contribution in [0.25, 0.3) is 32.9 Å². The van der Waals surface area contributed by atoms with E-state index >= 15 is 0 Å². The van der Waals surface area contributed by atoms with Crippen LogP contribution in [0.2, 0.25) is 0 Å². The second-order valence-electron chi connectivity index (χ2n) is 5.10. The summed E-state index contributed by atoms with van der Waals surface area (Å²) < 4.78 is 0. The number of pyridine rings is 1. The Morgan fingerprint density at radius 1 is 0.714 bits per heavy atom. The highest BCUT2D eigenvalue weighted by Crippen LogP contribution is 2.30. The first-order valence-corrected chi connectivity index (χ1v) is 6.89. The van der Waals surface area contributed by atoms with Gasteiger partial charge in [0.15, 0.2) is 0 Å². The third-order valence-electron chi connectivity index (χ3n) is 3.74. The largest absolute Gasteiger partial charge is 0.508 e. The molecule has 0 bridgehead atoms. The van der Waals surface area contributed by atoms with Crippen molar-refractivity contribution in [1.29, 1.82) is 0 Å². The Balaban J connectivity index is 2.04. The lowest BCUT2D eigenvalue weighted by atomic mass is 9.99. The van der Waals surface area contributed by atoms with Gasteiger partial charge in [-0.05, 0) is 41.5 Å². The lowest BCUT2D eigenvalue weighted by Crippen LogP contribution is -1.86. The van der Waals surface area contributed by atoms with Gasteiger partial charge in [0.05, 0.1) is 11.0 Å². The molecule has 4 aromatic rings. The predicted octanol–water partition coefficient (Wildman–Crippen LogP) is 4.76. The molecule has 0 atom stereocenters. The number of fused-ring (bicyclic) bond motifs is 2. The minimum absolute atomic E-state index is 0.280. The highest BCUT2D eigenvalue weighted by Gasteiger charge is 2.06. The molecule has 0 aliphatic rings. The van der Waals surface area contributed by atoms with Crippen molar-refractivity contribution in [3.8, 4) is 16.9 Å². The molecule has 0 amide bonds. The van der Waals surface area contributed by atoms with Gasteiger partial charge in [0.1, 0.15) is 5.75 Å². The van der Waals surface area contributed by atoms with Gasteiger partial charge in [-0.3, -0.25) is 0 Å². The van der Waals surface area contributed by atoms with E-state index in [0.29, 0.717) is 0 Å². The quantitative estimate of drug-likeness (QED) is 0.506. The van der Waals surface area contributed by atoms with Crippen molar-refractivity contribution >= 4 is 21.8 Å². The van der Waals surface area contributed by atoms with Crippen LogP contribution in [0.4, 0.5) is 0 Å². The molecule has 0 aliphatic carbocycles. The zero-order chi connectivity index (χ0) is 14.2. The van der Waals surface area contributed by atoms with E-state index in [1.165, 1.54) is 0 Å². The Morgan fingerprint density at radius 2 is 1.48 bits per heavy atom. The predicted molar refractivity (Wildman–Crippen MR) is 86.3 cm³/mol. The summed E-state index contributed by atoms with van der Waals surface area (Å²) in [4.78, 5) is 4.73. The third-order valence-corrected chi connectivity index (χ3v) is 3.74. The van der Waals surface area contributed by atoms with Crippen molar-refractivity contribution in [2.75, 3.05) is 0 Å². The van der Waals surface area contributed by atoms with Crippen molar-refractivity contribution in [3.05, 3.63) is 72.8 Å². The first kappa shape index (κ1) is 11.9. The summed E-state index contributed by atoms with van der Waals surface area (Å²) in [6.45, 7) is 0. The highest BCUT2D eigenvalue weighted by molar-refractivity contribution is 6.01. The molecule has 21 heavy (non-hydrogen) atoms. The van der Waals surface area contributed by atoms with Crippen LogP contribution in [0, 0.1) is 0 Å². The van der Waals surface area contributed by atoms with Gasteiger partial charge in [0.2, 0.25) is 0 Å². The average molecular weight is 271 g/mol. The Morgan fingerprint density at radius 3 is 2.33 bits per heavy atom. The summed E-state index contributed by atoms with van der Waals surface area (Å²) >= 11 is 0. The Bertz CT molecular complexity index is 942. The minimum atomic E-state index is 0.280. The first-order chi connectivity index (χ1) is 10.3. The molecule has 4 rings (SSSR count). The lowest BCUT2D eigenvalue weighted by Gasteiger charge is -2.08. The van der Waals surface area contributed by atoms with Gasteiger partial charge in [-0.2, -0.15) is 0 Å². The molecule has 0 unspecified atom stereocenters. The van der Waals surface area contributed by atoms with E-state index in [1.807, 2.05) is 42.5 Å². The molecule has 0 fully saturated rings. The standard InChI is InChI=1S/C19H13NO/c21-15-10-8-13(9-11-15)16-5-3-7-19-17(16)12-14-4-1-2-6-18(14)20-19/h1-12,21H. The summed E-state index contributed by atoms with van der Waals surface area (Å²) in [6, 6.07) is 23.7. The van der Waals surface area contributed by atoms with E-state index < -0.39 is 0 Å². The van der Waals surface area contributed by atoms with E-state index in [4.69, 9.17) is 4.98 Å². The van der Waals surface area contributed by atoms with Crippen molar-refractivity contribution in [1.82, 2.24) is 4.98 Å². The monoisotopic (exact) mass is 271 g/mol. The number of hydrogen-bond donors (Lipinski definition) is 1. The first-order valence-electron chi connectivity index (χ1n) is 6.89. The second kappa shape index (κ2) is 4.60. The molecule has 0 aliphatic heterocycles. The fraction of sp³-hybridized carbons (Fsp3) is 0. The number of phenols is 1. The molecule has 0 spiro atoms. The summed E-state index contributed by atoms with van der Waals surface area (Å²) in [5, 5.41) is 11.7. The molecule has 100 valence electrons. The molecule has 0 saturated heterocycles. The van der Waals surface area contributed by atoms with Crippen LogP contribution >= 0.6 is 0 Å². The number of aromatic hydroxyl groups is 1. The number of benzene rings is 3. The van der Waals surface area contributed by atoms with Crippen LogP contribution in [-0.2, 0) is 0 Å². The van der Waals surface area contributed by atoms with Gasteiger partial charge >= 0.3 is 0 Å². The molecule has 1 N–H and O–H groups in total. The molecule has 1 aromatic heterocycles. The van der Waals surface area contributed by atoms with E-state index in [-0.39, 0.29) is 5.75 Å². The molecule has 2 heteroatoms.